The van der Waals surface area contributed by atoms with Gasteiger partial charge in [-0.1, -0.05) is 0 Å². The molecule has 90 valence electrons. The van der Waals surface area contributed by atoms with Crippen LogP contribution >= 0.6 is 0 Å². The number of anilines is 1. The minimum Gasteiger partial charge on any atom is -0.505 e. The summed E-state index contributed by atoms with van der Waals surface area (Å²) in [6.45, 7) is 0.656. The molecule has 1 saturated heterocycles. The van der Waals surface area contributed by atoms with Crippen molar-refractivity contribution in [2.45, 2.75) is 0 Å². The van der Waals surface area contributed by atoms with Gasteiger partial charge in [-0.3, -0.25) is 14.9 Å². The number of phenols is 1. The van der Waals surface area contributed by atoms with Crippen LogP contribution in [0.5, 0.6) is 5.75 Å². The van der Waals surface area contributed by atoms with Crippen molar-refractivity contribution in [2.75, 3.05) is 24.7 Å². The molecule has 7 heteroatoms. The van der Waals surface area contributed by atoms with Crippen LogP contribution in [0.25, 0.3) is 0 Å². The van der Waals surface area contributed by atoms with E-state index in [1.165, 1.54) is 17.0 Å². The summed E-state index contributed by atoms with van der Waals surface area (Å²) in [7, 11) is 0. The van der Waals surface area contributed by atoms with Gasteiger partial charge >= 0.3 is 0 Å². The summed E-state index contributed by atoms with van der Waals surface area (Å²) in [5.41, 5.74) is 0.0517. The fraction of sp³-hybridized carbons (Fsp3) is 0.300. The first kappa shape index (κ1) is 11.3. The van der Waals surface area contributed by atoms with Crippen molar-refractivity contribution in [1.82, 2.24) is 0 Å². The minimum atomic E-state index is -0.607. The maximum Gasteiger partial charge on any atom is 0.273 e. The third kappa shape index (κ3) is 2.18. The number of nitro benzene ring substituents is 1. The molecule has 0 unspecified atom stereocenters. The molecule has 0 bridgehead atoms. The lowest BCUT2D eigenvalue weighted by Gasteiger charge is -2.27. The van der Waals surface area contributed by atoms with E-state index >= 15 is 0 Å². The lowest BCUT2D eigenvalue weighted by atomic mass is 10.2. The average molecular weight is 238 g/mol. The Labute approximate surface area is 96.4 Å². The quantitative estimate of drug-likeness (QED) is 0.603. The van der Waals surface area contributed by atoms with E-state index in [9.17, 15) is 20.0 Å². The van der Waals surface area contributed by atoms with Gasteiger partial charge in [-0.15, -0.1) is 0 Å². The molecule has 1 fully saturated rings. The van der Waals surface area contributed by atoms with Crippen LogP contribution in [0, 0.1) is 10.1 Å². The fourth-order valence-corrected chi connectivity index (χ4v) is 1.63. The van der Waals surface area contributed by atoms with Crippen molar-refractivity contribution in [2.24, 2.45) is 0 Å². The summed E-state index contributed by atoms with van der Waals surface area (Å²) >= 11 is 0. The molecular weight excluding hydrogens is 228 g/mol. The molecule has 1 amide bonds. The van der Waals surface area contributed by atoms with E-state index in [1.807, 2.05) is 0 Å². The number of carbonyl (C=O) groups is 1. The molecule has 0 atom stereocenters. The van der Waals surface area contributed by atoms with Crippen LogP contribution in [-0.4, -0.2) is 35.7 Å². The van der Waals surface area contributed by atoms with Crippen LogP contribution in [0.1, 0.15) is 0 Å². The van der Waals surface area contributed by atoms with Crippen LogP contribution in [0.4, 0.5) is 11.4 Å². The van der Waals surface area contributed by atoms with E-state index in [1.54, 1.807) is 0 Å². The van der Waals surface area contributed by atoms with E-state index in [4.69, 9.17) is 4.74 Å². The number of hydrogen-bond donors (Lipinski definition) is 1. The highest BCUT2D eigenvalue weighted by atomic mass is 16.6. The summed E-state index contributed by atoms with van der Waals surface area (Å²) < 4.78 is 4.95. The Balaban J connectivity index is 2.32. The number of rotatable bonds is 2. The number of morpholine rings is 1. The van der Waals surface area contributed by atoms with E-state index < -0.39 is 4.92 Å². The van der Waals surface area contributed by atoms with Gasteiger partial charge in [-0.25, -0.2) is 0 Å². The van der Waals surface area contributed by atoms with E-state index in [-0.39, 0.29) is 29.6 Å². The highest BCUT2D eigenvalue weighted by Crippen LogP contribution is 2.31. The van der Waals surface area contributed by atoms with Crippen LogP contribution in [0.15, 0.2) is 18.2 Å². The Kier molecular flexibility index (Phi) is 2.92. The maximum atomic E-state index is 11.5. The van der Waals surface area contributed by atoms with E-state index in [0.717, 1.165) is 6.07 Å². The highest BCUT2D eigenvalue weighted by Gasteiger charge is 2.23. The second-order valence-electron chi connectivity index (χ2n) is 3.53. The molecule has 0 aromatic heterocycles. The average Bonchev–Trinajstić information content (AvgIpc) is 2.30. The Hall–Kier alpha value is -2.15. The van der Waals surface area contributed by atoms with Crippen LogP contribution in [0.3, 0.4) is 0 Å². The SMILES string of the molecule is O=C1COCCN1c1ccc([N+](=O)[O-])cc1O. The van der Waals surface area contributed by atoms with Crippen molar-refractivity contribution in [3.05, 3.63) is 28.3 Å². The molecule has 0 spiro atoms. The van der Waals surface area contributed by atoms with Gasteiger partial charge in [-0.05, 0) is 6.07 Å². The molecule has 1 aromatic rings. The highest BCUT2D eigenvalue weighted by molar-refractivity contribution is 5.96. The topological polar surface area (TPSA) is 92.9 Å². The van der Waals surface area contributed by atoms with Gasteiger partial charge in [0.2, 0.25) is 0 Å². The Morgan fingerprint density at radius 2 is 2.24 bits per heavy atom. The zero-order chi connectivity index (χ0) is 12.4. The first-order valence-corrected chi connectivity index (χ1v) is 4.95. The monoisotopic (exact) mass is 238 g/mol. The molecule has 2 rings (SSSR count). The van der Waals surface area contributed by atoms with Gasteiger partial charge in [0.05, 0.1) is 23.3 Å². The number of ether oxygens (including phenoxy) is 1. The summed E-state index contributed by atoms with van der Waals surface area (Å²) in [6, 6.07) is 3.63. The van der Waals surface area contributed by atoms with Crippen molar-refractivity contribution in [1.29, 1.82) is 0 Å². The number of phenolic OH excluding ortho intramolecular Hbond substituents is 1. The number of non-ortho nitro benzene ring substituents is 1. The molecule has 0 saturated carbocycles. The molecule has 1 aromatic carbocycles. The smallest absolute Gasteiger partial charge is 0.273 e. The Bertz CT molecular complexity index is 474. The third-order valence-corrected chi connectivity index (χ3v) is 2.45. The molecule has 1 heterocycles. The van der Waals surface area contributed by atoms with Gasteiger partial charge in [0, 0.05) is 12.6 Å². The lowest BCUT2D eigenvalue weighted by Crippen LogP contribution is -2.41. The largest absolute Gasteiger partial charge is 0.505 e. The predicted octanol–water partition coefficient (Wildman–Crippen LogP) is 0.664. The summed E-state index contributed by atoms with van der Waals surface area (Å²) in [4.78, 5) is 22.8. The molecule has 0 aliphatic carbocycles. The third-order valence-electron chi connectivity index (χ3n) is 2.45. The van der Waals surface area contributed by atoms with Gasteiger partial charge in [-0.2, -0.15) is 0 Å². The Morgan fingerprint density at radius 1 is 1.47 bits per heavy atom. The number of aromatic hydroxyl groups is 1. The van der Waals surface area contributed by atoms with Crippen molar-refractivity contribution in [3.8, 4) is 5.75 Å². The first-order valence-electron chi connectivity index (χ1n) is 4.95. The van der Waals surface area contributed by atoms with Gasteiger partial charge in [0.1, 0.15) is 12.4 Å². The molecule has 7 nitrogen and oxygen atoms in total. The lowest BCUT2D eigenvalue weighted by molar-refractivity contribution is -0.384. The molecule has 17 heavy (non-hydrogen) atoms. The van der Waals surface area contributed by atoms with Gasteiger partial charge in [0.15, 0.2) is 0 Å². The number of nitrogens with zero attached hydrogens (tertiary/aromatic N) is 2. The van der Waals surface area contributed by atoms with Crippen LogP contribution in [-0.2, 0) is 9.53 Å². The first-order chi connectivity index (χ1) is 8.09. The van der Waals surface area contributed by atoms with Gasteiger partial charge < -0.3 is 14.7 Å². The molecular formula is C10H10N2O5. The molecule has 1 aliphatic rings. The normalized spacial score (nSPS) is 16.0. The molecule has 0 radical (unpaired) electrons. The summed E-state index contributed by atoms with van der Waals surface area (Å²) in [5.74, 6) is -0.560. The fourth-order valence-electron chi connectivity index (χ4n) is 1.63. The van der Waals surface area contributed by atoms with Crippen molar-refractivity contribution in [3.63, 3.8) is 0 Å². The van der Waals surface area contributed by atoms with Crippen molar-refractivity contribution >= 4 is 17.3 Å². The summed E-state index contributed by atoms with van der Waals surface area (Å²) in [5, 5.41) is 20.2. The van der Waals surface area contributed by atoms with E-state index in [2.05, 4.69) is 0 Å². The number of nitro groups is 1. The van der Waals surface area contributed by atoms with Crippen molar-refractivity contribution < 1.29 is 19.6 Å². The maximum absolute atomic E-state index is 11.5. The number of hydrogen-bond acceptors (Lipinski definition) is 5. The zero-order valence-electron chi connectivity index (χ0n) is 8.83. The number of carbonyl (C=O) groups excluding carboxylic acids is 1. The standard InChI is InChI=1S/C10H10N2O5/c13-9-5-7(12(15)16)1-2-8(9)11-3-4-17-6-10(11)14/h1-2,5,13H,3-4,6H2. The van der Waals surface area contributed by atoms with Crippen LogP contribution in [0.2, 0.25) is 0 Å². The molecule has 1 aliphatic heterocycles. The van der Waals surface area contributed by atoms with Crippen LogP contribution < -0.4 is 4.90 Å². The number of benzene rings is 1. The zero-order valence-corrected chi connectivity index (χ0v) is 8.83. The predicted molar refractivity (Wildman–Crippen MR) is 57.9 cm³/mol. The number of amides is 1. The Morgan fingerprint density at radius 3 is 2.82 bits per heavy atom. The van der Waals surface area contributed by atoms with E-state index in [0.29, 0.717) is 13.2 Å². The van der Waals surface area contributed by atoms with Gasteiger partial charge in [0.25, 0.3) is 11.6 Å². The minimum absolute atomic E-state index is 0.0452. The molecule has 1 N–H and O–H groups in total. The second-order valence-corrected chi connectivity index (χ2v) is 3.53. The second kappa shape index (κ2) is 4.38. The summed E-state index contributed by atoms with van der Waals surface area (Å²) in [6.07, 6.45) is 0.